The molecule has 0 aromatic heterocycles. The maximum Gasteiger partial charge on any atom is 0.326 e. The lowest BCUT2D eigenvalue weighted by atomic mass is 10.1. The molecule has 36 heavy (non-hydrogen) atoms. The summed E-state index contributed by atoms with van der Waals surface area (Å²) >= 11 is 0. The van der Waals surface area contributed by atoms with E-state index in [0.717, 1.165) is 5.56 Å². The molecular formula is C29H26FN3O3. The maximum absolute atomic E-state index is 14.1. The van der Waals surface area contributed by atoms with Gasteiger partial charge in [0, 0.05) is 24.3 Å². The number of rotatable bonds is 8. The lowest BCUT2D eigenvalue weighted by molar-refractivity contribution is 0.0954. The zero-order chi connectivity index (χ0) is 25.3. The number of ether oxygens (including phenoxy) is 1. The van der Waals surface area contributed by atoms with Crippen LogP contribution in [0.15, 0.2) is 103 Å². The van der Waals surface area contributed by atoms with Gasteiger partial charge in [-0.25, -0.2) is 9.18 Å². The van der Waals surface area contributed by atoms with Gasteiger partial charge in [-0.05, 0) is 67.6 Å². The molecule has 4 rings (SSSR count). The van der Waals surface area contributed by atoms with Crippen LogP contribution in [0, 0.1) is 12.7 Å². The molecule has 0 heterocycles. The van der Waals surface area contributed by atoms with Crippen molar-refractivity contribution in [3.8, 4) is 11.5 Å². The number of amides is 3. The highest BCUT2D eigenvalue weighted by Gasteiger charge is 2.18. The van der Waals surface area contributed by atoms with E-state index in [1.807, 2.05) is 49.4 Å². The number of benzene rings is 4. The minimum Gasteiger partial charge on any atom is -0.457 e. The minimum absolute atomic E-state index is 0.0697. The summed E-state index contributed by atoms with van der Waals surface area (Å²) in [5.74, 6) is 0.520. The van der Waals surface area contributed by atoms with Gasteiger partial charge in [0.1, 0.15) is 17.3 Å². The van der Waals surface area contributed by atoms with E-state index in [1.54, 1.807) is 48.5 Å². The maximum atomic E-state index is 14.1. The molecule has 3 amide bonds. The predicted octanol–water partition coefficient (Wildman–Crippen LogP) is 6.39. The van der Waals surface area contributed by atoms with Crippen molar-refractivity contribution in [2.75, 3.05) is 23.3 Å². The summed E-state index contributed by atoms with van der Waals surface area (Å²) in [5, 5.41) is 5.44. The molecule has 0 atom stereocenters. The molecule has 4 aromatic rings. The first-order chi connectivity index (χ1) is 17.5. The Bertz CT molecular complexity index is 1310. The lowest BCUT2D eigenvalue weighted by Crippen LogP contribution is -2.41. The lowest BCUT2D eigenvalue weighted by Gasteiger charge is -2.24. The number of nitrogens with zero attached hydrogens (tertiary/aromatic N) is 1. The molecule has 7 heteroatoms. The van der Waals surface area contributed by atoms with Gasteiger partial charge in [-0.2, -0.15) is 0 Å². The van der Waals surface area contributed by atoms with Crippen LogP contribution >= 0.6 is 0 Å². The number of aryl methyl sites for hydroxylation is 1. The van der Waals surface area contributed by atoms with Gasteiger partial charge >= 0.3 is 6.03 Å². The van der Waals surface area contributed by atoms with Crippen LogP contribution in [0.3, 0.4) is 0 Å². The zero-order valence-electron chi connectivity index (χ0n) is 19.8. The van der Waals surface area contributed by atoms with Crippen molar-refractivity contribution >= 4 is 23.3 Å². The van der Waals surface area contributed by atoms with E-state index in [9.17, 15) is 14.0 Å². The van der Waals surface area contributed by atoms with Gasteiger partial charge in [0.25, 0.3) is 5.91 Å². The number of hydrogen-bond acceptors (Lipinski definition) is 3. The van der Waals surface area contributed by atoms with Gasteiger partial charge in [0.05, 0.1) is 5.69 Å². The number of carbonyl (C=O) groups excluding carboxylic acids is 2. The Morgan fingerprint density at radius 3 is 2.14 bits per heavy atom. The summed E-state index contributed by atoms with van der Waals surface area (Å²) < 4.78 is 20.0. The number of nitrogens with one attached hydrogen (secondary N) is 2. The van der Waals surface area contributed by atoms with Crippen LogP contribution in [0.2, 0.25) is 0 Å². The fraction of sp³-hybridized carbons (Fsp3) is 0.103. The van der Waals surface area contributed by atoms with Crippen molar-refractivity contribution in [1.29, 1.82) is 0 Å². The Kier molecular flexibility index (Phi) is 7.93. The fourth-order valence-electron chi connectivity index (χ4n) is 3.50. The van der Waals surface area contributed by atoms with Crippen LogP contribution in [0.1, 0.15) is 15.9 Å². The van der Waals surface area contributed by atoms with Crippen molar-refractivity contribution in [1.82, 2.24) is 5.32 Å². The summed E-state index contributed by atoms with van der Waals surface area (Å²) in [4.78, 5) is 27.1. The molecule has 0 aliphatic heterocycles. The van der Waals surface area contributed by atoms with Gasteiger partial charge in [-0.3, -0.25) is 9.69 Å². The van der Waals surface area contributed by atoms with E-state index in [2.05, 4.69) is 10.6 Å². The van der Waals surface area contributed by atoms with Gasteiger partial charge in [0.15, 0.2) is 0 Å². The molecule has 0 unspecified atom stereocenters. The summed E-state index contributed by atoms with van der Waals surface area (Å²) in [6.45, 7) is 2.31. The van der Waals surface area contributed by atoms with E-state index < -0.39 is 11.8 Å². The molecule has 4 aromatic carbocycles. The third-order valence-corrected chi connectivity index (χ3v) is 5.42. The van der Waals surface area contributed by atoms with Crippen molar-refractivity contribution in [3.05, 3.63) is 120 Å². The molecular weight excluding hydrogens is 457 g/mol. The monoisotopic (exact) mass is 483 g/mol. The van der Waals surface area contributed by atoms with Gasteiger partial charge < -0.3 is 15.4 Å². The quantitative estimate of drug-likeness (QED) is 0.305. The second-order valence-electron chi connectivity index (χ2n) is 8.09. The van der Waals surface area contributed by atoms with Crippen molar-refractivity contribution in [2.45, 2.75) is 6.92 Å². The number of urea groups is 1. The summed E-state index contributed by atoms with van der Waals surface area (Å²) in [7, 11) is 0. The van der Waals surface area contributed by atoms with Crippen LogP contribution in [0.25, 0.3) is 0 Å². The van der Waals surface area contributed by atoms with Crippen LogP contribution in [0.4, 0.5) is 20.6 Å². The number of anilines is 2. The van der Waals surface area contributed by atoms with Gasteiger partial charge in [0.2, 0.25) is 0 Å². The van der Waals surface area contributed by atoms with E-state index in [1.165, 1.54) is 17.0 Å². The fourth-order valence-corrected chi connectivity index (χ4v) is 3.50. The summed E-state index contributed by atoms with van der Waals surface area (Å²) in [6.07, 6.45) is 0. The molecule has 0 aliphatic rings. The molecule has 0 saturated heterocycles. The summed E-state index contributed by atoms with van der Waals surface area (Å²) in [6, 6.07) is 29.0. The molecule has 0 fully saturated rings. The molecule has 6 nitrogen and oxygen atoms in total. The number of carbonyl (C=O) groups is 2. The average molecular weight is 484 g/mol. The third-order valence-electron chi connectivity index (χ3n) is 5.42. The van der Waals surface area contributed by atoms with Crippen LogP contribution < -0.4 is 20.3 Å². The van der Waals surface area contributed by atoms with Crippen LogP contribution in [-0.4, -0.2) is 25.0 Å². The first kappa shape index (κ1) is 24.5. The highest BCUT2D eigenvalue weighted by molar-refractivity contribution is 6.02. The number of hydrogen-bond donors (Lipinski definition) is 2. The average Bonchev–Trinajstić information content (AvgIpc) is 2.89. The molecule has 0 saturated carbocycles. The minimum atomic E-state index is -0.537. The Hall–Kier alpha value is -4.65. The summed E-state index contributed by atoms with van der Waals surface area (Å²) in [5.41, 5.74) is 2.22. The first-order valence-corrected chi connectivity index (χ1v) is 11.5. The Labute approximate surface area is 209 Å². The highest BCUT2D eigenvalue weighted by atomic mass is 19.1. The largest absolute Gasteiger partial charge is 0.457 e. The van der Waals surface area contributed by atoms with E-state index >= 15 is 0 Å². The smallest absolute Gasteiger partial charge is 0.326 e. The van der Waals surface area contributed by atoms with E-state index in [0.29, 0.717) is 22.7 Å². The third kappa shape index (κ3) is 6.48. The topological polar surface area (TPSA) is 70.7 Å². The SMILES string of the molecule is Cc1ccc(C(=O)NCCN(C(=O)Nc2ccccc2F)c2ccc(Oc3ccccc3)cc2)cc1. The van der Waals surface area contributed by atoms with E-state index in [-0.39, 0.29) is 24.7 Å². The standard InChI is InChI=1S/C29H26FN3O3/c1-21-11-13-22(14-12-21)28(34)31-19-20-33(29(35)32-27-10-6-5-9-26(27)30)23-15-17-25(18-16-23)36-24-7-3-2-4-8-24/h2-18H,19-20H2,1H3,(H,31,34)(H,32,35). The van der Waals surface area contributed by atoms with Crippen LogP contribution in [-0.2, 0) is 0 Å². The molecule has 0 aliphatic carbocycles. The molecule has 0 radical (unpaired) electrons. The molecule has 182 valence electrons. The zero-order valence-corrected chi connectivity index (χ0v) is 19.8. The van der Waals surface area contributed by atoms with Crippen molar-refractivity contribution < 1.29 is 18.7 Å². The van der Waals surface area contributed by atoms with Gasteiger partial charge in [-0.1, -0.05) is 48.0 Å². The van der Waals surface area contributed by atoms with Crippen LogP contribution in [0.5, 0.6) is 11.5 Å². The number of halogens is 1. The normalized spacial score (nSPS) is 10.4. The Balaban J connectivity index is 1.47. The number of para-hydroxylation sites is 2. The molecule has 2 N–H and O–H groups in total. The van der Waals surface area contributed by atoms with Gasteiger partial charge in [-0.15, -0.1) is 0 Å². The molecule has 0 spiro atoms. The van der Waals surface area contributed by atoms with Crippen molar-refractivity contribution in [3.63, 3.8) is 0 Å². The van der Waals surface area contributed by atoms with Crippen molar-refractivity contribution in [2.24, 2.45) is 0 Å². The second kappa shape index (κ2) is 11.7. The molecule has 0 bridgehead atoms. The first-order valence-electron chi connectivity index (χ1n) is 11.5. The second-order valence-corrected chi connectivity index (χ2v) is 8.09. The Morgan fingerprint density at radius 1 is 0.806 bits per heavy atom. The Morgan fingerprint density at radius 2 is 1.44 bits per heavy atom. The van der Waals surface area contributed by atoms with E-state index in [4.69, 9.17) is 4.74 Å². The predicted molar refractivity (Wildman–Crippen MR) is 139 cm³/mol. The highest BCUT2D eigenvalue weighted by Crippen LogP contribution is 2.25.